The van der Waals surface area contributed by atoms with E-state index < -0.39 is 17.8 Å². The molecule has 0 heterocycles. The Hall–Kier alpha value is -2.14. The van der Waals surface area contributed by atoms with Crippen molar-refractivity contribution in [3.05, 3.63) is 40.4 Å². The van der Waals surface area contributed by atoms with Crippen molar-refractivity contribution in [2.75, 3.05) is 7.11 Å². The number of ketones is 1. The zero-order valence-electron chi connectivity index (χ0n) is 12.0. The molecule has 0 aliphatic rings. The van der Waals surface area contributed by atoms with Gasteiger partial charge in [0.1, 0.15) is 0 Å². The van der Waals surface area contributed by atoms with Gasteiger partial charge in [0, 0.05) is 17.5 Å². The van der Waals surface area contributed by atoms with Crippen molar-refractivity contribution < 1.29 is 19.1 Å². The normalized spacial score (nSPS) is 12.5. The molecule has 0 aliphatic carbocycles. The van der Waals surface area contributed by atoms with Gasteiger partial charge < -0.3 is 10.1 Å². The molecule has 1 rings (SSSR count). The Morgan fingerprint density at radius 3 is 2.43 bits per heavy atom. The van der Waals surface area contributed by atoms with Crippen molar-refractivity contribution >= 4 is 35.3 Å². The van der Waals surface area contributed by atoms with E-state index in [-0.39, 0.29) is 11.5 Å². The van der Waals surface area contributed by atoms with Gasteiger partial charge in [-0.1, -0.05) is 29.8 Å². The SMILES string of the molecule is COC(=O)C(=O)/C(=C\c1ccccc1Cl)C(C)NC(C)=O. The van der Waals surface area contributed by atoms with Crippen molar-refractivity contribution in [3.8, 4) is 0 Å². The summed E-state index contributed by atoms with van der Waals surface area (Å²) in [5.41, 5.74) is 0.675. The second kappa shape index (κ2) is 7.59. The third-order valence-electron chi connectivity index (χ3n) is 2.74. The Morgan fingerprint density at radius 1 is 1.29 bits per heavy atom. The van der Waals surface area contributed by atoms with Gasteiger partial charge >= 0.3 is 5.97 Å². The number of amides is 1. The Balaban J connectivity index is 3.24. The second-order valence-electron chi connectivity index (χ2n) is 4.36. The van der Waals surface area contributed by atoms with E-state index in [1.165, 1.54) is 13.0 Å². The topological polar surface area (TPSA) is 72.5 Å². The summed E-state index contributed by atoms with van der Waals surface area (Å²) >= 11 is 6.04. The average Bonchev–Trinajstić information content (AvgIpc) is 2.44. The van der Waals surface area contributed by atoms with Crippen molar-refractivity contribution in [1.29, 1.82) is 0 Å². The fourth-order valence-corrected chi connectivity index (χ4v) is 1.93. The van der Waals surface area contributed by atoms with Crippen LogP contribution in [0.3, 0.4) is 0 Å². The molecule has 0 aliphatic heterocycles. The minimum Gasteiger partial charge on any atom is -0.463 e. The molecule has 6 heteroatoms. The maximum atomic E-state index is 12.1. The van der Waals surface area contributed by atoms with E-state index in [0.717, 1.165) is 7.11 Å². The highest BCUT2D eigenvalue weighted by Gasteiger charge is 2.25. The standard InChI is InChI=1S/C15H16ClNO4/c1-9(17-10(2)18)12(14(19)15(20)21-3)8-11-6-4-5-7-13(11)16/h4-9H,1-3H3,(H,17,18)/b12-8-. The minimum atomic E-state index is -0.995. The third kappa shape index (κ3) is 4.72. The van der Waals surface area contributed by atoms with Gasteiger partial charge in [0.05, 0.1) is 13.2 Å². The van der Waals surface area contributed by atoms with E-state index in [1.54, 1.807) is 31.2 Å². The fourth-order valence-electron chi connectivity index (χ4n) is 1.74. The lowest BCUT2D eigenvalue weighted by atomic mass is 10.0. The minimum absolute atomic E-state index is 0.102. The van der Waals surface area contributed by atoms with Gasteiger partial charge in [0.2, 0.25) is 5.91 Å². The van der Waals surface area contributed by atoms with Crippen LogP contribution in [-0.2, 0) is 19.1 Å². The maximum Gasteiger partial charge on any atom is 0.379 e. The molecule has 0 fully saturated rings. The number of nitrogens with one attached hydrogen (secondary N) is 1. The molecule has 1 amide bonds. The average molecular weight is 310 g/mol. The lowest BCUT2D eigenvalue weighted by Gasteiger charge is -2.15. The Kier molecular flexibility index (Phi) is 6.11. The highest BCUT2D eigenvalue weighted by molar-refractivity contribution is 6.42. The molecule has 0 spiro atoms. The lowest BCUT2D eigenvalue weighted by Crippen LogP contribution is -2.36. The molecule has 1 aromatic carbocycles. The summed E-state index contributed by atoms with van der Waals surface area (Å²) in [6, 6.07) is 6.22. The van der Waals surface area contributed by atoms with Gasteiger partial charge in [-0.3, -0.25) is 9.59 Å². The van der Waals surface area contributed by atoms with Crippen molar-refractivity contribution in [1.82, 2.24) is 5.32 Å². The Labute approximate surface area is 127 Å². The van der Waals surface area contributed by atoms with Crippen LogP contribution in [0, 0.1) is 0 Å². The molecule has 0 saturated carbocycles. The number of hydrogen-bond acceptors (Lipinski definition) is 4. The van der Waals surface area contributed by atoms with Gasteiger partial charge in [-0.05, 0) is 24.6 Å². The van der Waals surface area contributed by atoms with Crippen LogP contribution in [0.2, 0.25) is 5.02 Å². The zero-order chi connectivity index (χ0) is 16.0. The molecule has 0 bridgehead atoms. The van der Waals surface area contributed by atoms with Gasteiger partial charge in [-0.25, -0.2) is 4.79 Å². The van der Waals surface area contributed by atoms with Crippen LogP contribution < -0.4 is 5.32 Å². The van der Waals surface area contributed by atoms with E-state index in [1.807, 2.05) is 0 Å². The van der Waals surface area contributed by atoms with E-state index >= 15 is 0 Å². The molecule has 1 N–H and O–H groups in total. The molecule has 1 unspecified atom stereocenters. The van der Waals surface area contributed by atoms with E-state index in [0.29, 0.717) is 10.6 Å². The number of benzene rings is 1. The first-order valence-corrected chi connectivity index (χ1v) is 6.60. The zero-order valence-corrected chi connectivity index (χ0v) is 12.7. The maximum absolute atomic E-state index is 12.1. The predicted octanol–water partition coefficient (Wildman–Crippen LogP) is 1.99. The van der Waals surface area contributed by atoms with Crippen molar-refractivity contribution in [3.63, 3.8) is 0 Å². The van der Waals surface area contributed by atoms with Crippen LogP contribution in [0.25, 0.3) is 6.08 Å². The molecular formula is C15H16ClNO4. The van der Waals surface area contributed by atoms with Gasteiger partial charge in [-0.2, -0.15) is 0 Å². The molecule has 0 saturated heterocycles. The van der Waals surface area contributed by atoms with Crippen molar-refractivity contribution in [2.24, 2.45) is 0 Å². The lowest BCUT2D eigenvalue weighted by molar-refractivity contribution is -0.150. The van der Waals surface area contributed by atoms with Gasteiger partial charge in [-0.15, -0.1) is 0 Å². The predicted molar refractivity (Wildman–Crippen MR) is 79.7 cm³/mol. The quantitative estimate of drug-likeness (QED) is 0.513. The highest BCUT2D eigenvalue weighted by Crippen LogP contribution is 2.20. The molecule has 21 heavy (non-hydrogen) atoms. The van der Waals surface area contributed by atoms with Crippen LogP contribution in [0.4, 0.5) is 0 Å². The number of methoxy groups -OCH3 is 1. The molecule has 1 aromatic rings. The number of esters is 1. The molecule has 112 valence electrons. The third-order valence-corrected chi connectivity index (χ3v) is 3.08. The van der Waals surface area contributed by atoms with E-state index in [2.05, 4.69) is 10.1 Å². The van der Waals surface area contributed by atoms with Gasteiger partial charge in [0.15, 0.2) is 0 Å². The fraction of sp³-hybridized carbons (Fsp3) is 0.267. The summed E-state index contributed by atoms with van der Waals surface area (Å²) in [4.78, 5) is 34.7. The smallest absolute Gasteiger partial charge is 0.379 e. The number of hydrogen-bond donors (Lipinski definition) is 1. The number of carbonyl (C=O) groups excluding carboxylic acids is 3. The Bertz CT molecular complexity index is 595. The van der Waals surface area contributed by atoms with Crippen LogP contribution in [0.5, 0.6) is 0 Å². The number of ether oxygens (including phenoxy) is 1. The first kappa shape index (κ1) is 16.9. The first-order chi connectivity index (χ1) is 9.86. The first-order valence-electron chi connectivity index (χ1n) is 6.22. The summed E-state index contributed by atoms with van der Waals surface area (Å²) in [5, 5.41) is 3.00. The van der Waals surface area contributed by atoms with Crippen LogP contribution in [0.15, 0.2) is 29.8 Å². The molecule has 5 nitrogen and oxygen atoms in total. The number of halogens is 1. The summed E-state index contributed by atoms with van der Waals surface area (Å²) in [6.45, 7) is 2.93. The molecule has 0 aromatic heterocycles. The molecule has 0 radical (unpaired) electrons. The summed E-state index contributed by atoms with van der Waals surface area (Å²) in [7, 11) is 1.12. The van der Waals surface area contributed by atoms with Gasteiger partial charge in [0.25, 0.3) is 5.78 Å². The summed E-state index contributed by atoms with van der Waals surface area (Å²) in [5.74, 6) is -2.13. The van der Waals surface area contributed by atoms with E-state index in [4.69, 9.17) is 11.6 Å². The molecular weight excluding hydrogens is 294 g/mol. The summed E-state index contributed by atoms with van der Waals surface area (Å²) in [6.07, 6.45) is 1.47. The highest BCUT2D eigenvalue weighted by atomic mass is 35.5. The van der Waals surface area contributed by atoms with Crippen LogP contribution >= 0.6 is 11.6 Å². The number of rotatable bonds is 5. The Morgan fingerprint density at radius 2 is 1.90 bits per heavy atom. The van der Waals surface area contributed by atoms with E-state index in [9.17, 15) is 14.4 Å². The number of carbonyl (C=O) groups is 3. The number of Topliss-reactive ketones (excluding diaryl/α,β-unsaturated/α-hetero) is 1. The summed E-state index contributed by atoms with van der Waals surface area (Å²) < 4.78 is 4.44. The second-order valence-corrected chi connectivity index (χ2v) is 4.77. The monoisotopic (exact) mass is 309 g/mol. The van der Waals surface area contributed by atoms with Crippen LogP contribution in [-0.4, -0.2) is 30.8 Å². The van der Waals surface area contributed by atoms with Crippen molar-refractivity contribution in [2.45, 2.75) is 19.9 Å². The largest absolute Gasteiger partial charge is 0.463 e. The molecule has 1 atom stereocenters. The van der Waals surface area contributed by atoms with Crippen LogP contribution in [0.1, 0.15) is 19.4 Å².